The molecular formula is C14H17N3O2. The van der Waals surface area contributed by atoms with Gasteiger partial charge in [-0.1, -0.05) is 30.3 Å². The molecule has 1 aromatic heterocycles. The average Bonchev–Trinajstić information content (AvgIpc) is 2.41. The number of nitrogens with two attached hydrogens (primary N) is 1. The van der Waals surface area contributed by atoms with Crippen LogP contribution >= 0.6 is 0 Å². The lowest BCUT2D eigenvalue weighted by Gasteiger charge is -2.17. The van der Waals surface area contributed by atoms with Crippen LogP contribution in [0.25, 0.3) is 11.1 Å². The fraction of sp³-hybridized carbons (Fsp3) is 0.286. The number of H-pyrrole nitrogens is 1. The summed E-state index contributed by atoms with van der Waals surface area (Å²) in [7, 11) is 0. The summed E-state index contributed by atoms with van der Waals surface area (Å²) < 4.78 is 5.59. The van der Waals surface area contributed by atoms with Gasteiger partial charge in [-0.2, -0.15) is 0 Å². The third kappa shape index (κ3) is 3.20. The summed E-state index contributed by atoms with van der Waals surface area (Å²) in [6.45, 7) is 3.72. The molecule has 2 atom stereocenters. The fourth-order valence-corrected chi connectivity index (χ4v) is 1.58. The summed E-state index contributed by atoms with van der Waals surface area (Å²) in [5, 5.41) is 6.31. The van der Waals surface area contributed by atoms with Gasteiger partial charge >= 0.3 is 0 Å². The van der Waals surface area contributed by atoms with Crippen molar-refractivity contribution in [3.8, 4) is 17.0 Å². The van der Waals surface area contributed by atoms with Crippen molar-refractivity contribution in [2.24, 2.45) is 5.73 Å². The minimum Gasteiger partial charge on any atom is -0.472 e. The van der Waals surface area contributed by atoms with Gasteiger partial charge in [0.15, 0.2) is 0 Å². The normalized spacial score (nSPS) is 13.8. The second-order valence-electron chi connectivity index (χ2n) is 4.50. The molecule has 0 aliphatic heterocycles. The third-order valence-corrected chi connectivity index (χ3v) is 2.91. The molecule has 1 unspecified atom stereocenters. The Morgan fingerprint density at radius 3 is 2.58 bits per heavy atom. The Bertz CT molecular complexity index is 593. The van der Waals surface area contributed by atoms with Crippen LogP contribution < -0.4 is 16.0 Å². The van der Waals surface area contributed by atoms with Crippen LogP contribution in [-0.2, 0) is 0 Å². The number of benzene rings is 1. The molecule has 3 N–H and O–H groups in total. The standard InChI is InChI=1S/C14H17N3O2/c1-9(15)10(2)19-13-8-12(14(18)17-16-13)11-6-4-3-5-7-11/h3-10H,15H2,1-2H3,(H,17,18)/t9?,10-/m0/s1. The topological polar surface area (TPSA) is 81.0 Å². The highest BCUT2D eigenvalue weighted by molar-refractivity contribution is 5.62. The number of nitrogens with zero attached hydrogens (tertiary/aromatic N) is 1. The average molecular weight is 259 g/mol. The van der Waals surface area contributed by atoms with Crippen LogP contribution in [0.3, 0.4) is 0 Å². The van der Waals surface area contributed by atoms with Crippen LogP contribution in [0.2, 0.25) is 0 Å². The number of nitrogens with one attached hydrogen (secondary N) is 1. The molecule has 0 aliphatic rings. The molecule has 100 valence electrons. The minimum atomic E-state index is -0.244. The Labute approximate surface area is 111 Å². The minimum absolute atomic E-state index is 0.117. The van der Waals surface area contributed by atoms with Crippen molar-refractivity contribution >= 4 is 0 Å². The maximum absolute atomic E-state index is 11.8. The molecule has 0 saturated carbocycles. The van der Waals surface area contributed by atoms with Crippen LogP contribution in [0.4, 0.5) is 0 Å². The highest BCUT2D eigenvalue weighted by atomic mass is 16.5. The Morgan fingerprint density at radius 1 is 1.26 bits per heavy atom. The lowest BCUT2D eigenvalue weighted by atomic mass is 10.1. The van der Waals surface area contributed by atoms with Crippen LogP contribution in [0.5, 0.6) is 5.88 Å². The first-order valence-corrected chi connectivity index (χ1v) is 6.15. The Hall–Kier alpha value is -2.14. The zero-order valence-corrected chi connectivity index (χ0v) is 11.0. The molecule has 0 spiro atoms. The Kier molecular flexibility index (Phi) is 3.97. The number of hydrogen-bond donors (Lipinski definition) is 2. The zero-order valence-electron chi connectivity index (χ0n) is 11.0. The second kappa shape index (κ2) is 5.67. The van der Waals surface area contributed by atoms with Gasteiger partial charge in [0.1, 0.15) is 6.10 Å². The van der Waals surface area contributed by atoms with E-state index in [0.717, 1.165) is 5.56 Å². The van der Waals surface area contributed by atoms with Gasteiger partial charge < -0.3 is 10.5 Å². The first-order valence-electron chi connectivity index (χ1n) is 6.15. The van der Waals surface area contributed by atoms with Gasteiger partial charge in [0, 0.05) is 12.1 Å². The van der Waals surface area contributed by atoms with Crippen molar-refractivity contribution in [2.75, 3.05) is 0 Å². The summed E-state index contributed by atoms with van der Waals surface area (Å²) in [5.41, 5.74) is 6.85. The Balaban J connectivity index is 2.33. The molecule has 2 rings (SSSR count). The van der Waals surface area contributed by atoms with E-state index in [1.54, 1.807) is 6.07 Å². The molecule has 0 aliphatic carbocycles. The van der Waals surface area contributed by atoms with E-state index in [4.69, 9.17) is 10.5 Å². The highest BCUT2D eigenvalue weighted by Crippen LogP contribution is 2.18. The monoisotopic (exact) mass is 259 g/mol. The van der Waals surface area contributed by atoms with Gasteiger partial charge in [0.05, 0.1) is 5.56 Å². The molecule has 2 aromatic rings. The molecule has 5 nitrogen and oxygen atoms in total. The molecule has 0 bridgehead atoms. The van der Waals surface area contributed by atoms with Crippen molar-refractivity contribution in [1.82, 2.24) is 10.2 Å². The lowest BCUT2D eigenvalue weighted by molar-refractivity contribution is 0.186. The van der Waals surface area contributed by atoms with Crippen LogP contribution in [0, 0.1) is 0 Å². The summed E-state index contributed by atoms with van der Waals surface area (Å²) in [5.74, 6) is 0.364. The van der Waals surface area contributed by atoms with Crippen LogP contribution in [-0.4, -0.2) is 22.3 Å². The number of ether oxygens (including phenoxy) is 1. The molecule has 5 heteroatoms. The largest absolute Gasteiger partial charge is 0.472 e. The third-order valence-electron chi connectivity index (χ3n) is 2.91. The van der Waals surface area contributed by atoms with E-state index in [0.29, 0.717) is 11.4 Å². The van der Waals surface area contributed by atoms with Crippen LogP contribution in [0.15, 0.2) is 41.2 Å². The Morgan fingerprint density at radius 2 is 1.95 bits per heavy atom. The SMILES string of the molecule is CC(N)[C@H](C)Oc1cc(-c2ccccc2)c(=O)[nH]n1. The van der Waals surface area contributed by atoms with E-state index in [9.17, 15) is 4.79 Å². The van der Waals surface area contributed by atoms with E-state index < -0.39 is 0 Å². The smallest absolute Gasteiger partial charge is 0.272 e. The highest BCUT2D eigenvalue weighted by Gasteiger charge is 2.12. The lowest BCUT2D eigenvalue weighted by Crippen LogP contribution is -2.34. The van der Waals surface area contributed by atoms with Crippen molar-refractivity contribution in [3.63, 3.8) is 0 Å². The van der Waals surface area contributed by atoms with Gasteiger partial charge in [-0.05, 0) is 19.4 Å². The van der Waals surface area contributed by atoms with Gasteiger partial charge in [-0.3, -0.25) is 4.79 Å². The number of aromatic nitrogens is 2. The summed E-state index contributed by atoms with van der Waals surface area (Å²) >= 11 is 0. The van der Waals surface area contributed by atoms with Crippen molar-refractivity contribution < 1.29 is 4.74 Å². The van der Waals surface area contributed by atoms with E-state index in [1.165, 1.54) is 0 Å². The van der Waals surface area contributed by atoms with E-state index >= 15 is 0 Å². The summed E-state index contributed by atoms with van der Waals surface area (Å²) in [6.07, 6.45) is -0.179. The van der Waals surface area contributed by atoms with Crippen molar-refractivity contribution in [1.29, 1.82) is 0 Å². The number of aromatic amines is 1. The molecular weight excluding hydrogens is 242 g/mol. The fourth-order valence-electron chi connectivity index (χ4n) is 1.58. The van der Waals surface area contributed by atoms with Gasteiger partial charge in [0.2, 0.25) is 5.88 Å². The second-order valence-corrected chi connectivity index (χ2v) is 4.50. The zero-order chi connectivity index (χ0) is 13.8. The number of hydrogen-bond acceptors (Lipinski definition) is 4. The number of rotatable bonds is 4. The van der Waals surface area contributed by atoms with Crippen molar-refractivity contribution in [3.05, 3.63) is 46.8 Å². The molecule has 0 amide bonds. The molecule has 0 saturated heterocycles. The predicted octanol–water partition coefficient (Wildman–Crippen LogP) is 1.55. The van der Waals surface area contributed by atoms with Gasteiger partial charge in [0.25, 0.3) is 5.56 Å². The maximum atomic E-state index is 11.8. The van der Waals surface area contributed by atoms with E-state index in [2.05, 4.69) is 10.2 Å². The van der Waals surface area contributed by atoms with Gasteiger partial charge in [-0.15, -0.1) is 5.10 Å². The quantitative estimate of drug-likeness (QED) is 0.873. The first kappa shape index (κ1) is 13.3. The predicted molar refractivity (Wildman–Crippen MR) is 74.0 cm³/mol. The molecule has 0 radical (unpaired) electrons. The maximum Gasteiger partial charge on any atom is 0.272 e. The summed E-state index contributed by atoms with van der Waals surface area (Å²) in [4.78, 5) is 11.8. The molecule has 1 aromatic carbocycles. The van der Waals surface area contributed by atoms with E-state index in [1.807, 2.05) is 44.2 Å². The summed E-state index contributed by atoms with van der Waals surface area (Å²) in [6, 6.07) is 10.9. The van der Waals surface area contributed by atoms with Gasteiger partial charge in [-0.25, -0.2) is 5.10 Å². The molecule has 0 fully saturated rings. The molecule has 1 heterocycles. The van der Waals surface area contributed by atoms with Crippen LogP contribution in [0.1, 0.15) is 13.8 Å². The van der Waals surface area contributed by atoms with Crippen molar-refractivity contribution in [2.45, 2.75) is 26.0 Å². The first-order chi connectivity index (χ1) is 9.08. The van der Waals surface area contributed by atoms with E-state index in [-0.39, 0.29) is 17.7 Å². The molecule has 19 heavy (non-hydrogen) atoms.